The summed E-state index contributed by atoms with van der Waals surface area (Å²) in [4.78, 5) is 4.73. The van der Waals surface area contributed by atoms with Crippen molar-refractivity contribution in [2.24, 2.45) is 0 Å². The van der Waals surface area contributed by atoms with Crippen LogP contribution in [0.1, 0.15) is 39.0 Å². The number of aromatic nitrogens is 2. The van der Waals surface area contributed by atoms with Crippen molar-refractivity contribution in [3.8, 4) is 5.75 Å². The van der Waals surface area contributed by atoms with Crippen molar-refractivity contribution in [1.29, 1.82) is 0 Å². The van der Waals surface area contributed by atoms with Gasteiger partial charge in [0.25, 0.3) is 0 Å². The molecular formula is C21H20N2O. The molecule has 2 aromatic carbocycles. The molecule has 0 spiro atoms. The lowest BCUT2D eigenvalue weighted by molar-refractivity contribution is 0.288. The number of imidazole rings is 1. The number of rotatable bonds is 0. The Hall–Kier alpha value is -2.55. The van der Waals surface area contributed by atoms with Gasteiger partial charge in [-0.3, -0.25) is 4.40 Å². The summed E-state index contributed by atoms with van der Waals surface area (Å²) in [5.41, 5.74) is 4.54. The standard InChI is InChI=1S/C21H20N2O/c1-20(2)14-9-5-8-13-12-7-6-10-15(24)17(12)19-22-11-16(21(20,3)4)23(19)18(13)14/h5-11,24H,1-4H3. The summed E-state index contributed by atoms with van der Waals surface area (Å²) in [7, 11) is 0. The molecule has 120 valence electrons. The second kappa shape index (κ2) is 3.92. The molecule has 1 aliphatic heterocycles. The second-order valence-corrected chi connectivity index (χ2v) is 7.95. The van der Waals surface area contributed by atoms with E-state index in [0.29, 0.717) is 5.75 Å². The van der Waals surface area contributed by atoms with Crippen LogP contribution in [0.25, 0.3) is 27.3 Å². The van der Waals surface area contributed by atoms with Gasteiger partial charge in [-0.25, -0.2) is 4.98 Å². The summed E-state index contributed by atoms with van der Waals surface area (Å²) in [6.45, 7) is 9.20. The Labute approximate surface area is 140 Å². The first-order valence-corrected chi connectivity index (χ1v) is 8.40. The van der Waals surface area contributed by atoms with E-state index >= 15 is 0 Å². The summed E-state index contributed by atoms with van der Waals surface area (Å²) >= 11 is 0. The largest absolute Gasteiger partial charge is 0.507 e. The van der Waals surface area contributed by atoms with Crippen LogP contribution in [0.2, 0.25) is 0 Å². The monoisotopic (exact) mass is 316 g/mol. The van der Waals surface area contributed by atoms with E-state index in [9.17, 15) is 5.11 Å². The number of para-hydroxylation sites is 1. The molecule has 2 aromatic heterocycles. The van der Waals surface area contributed by atoms with E-state index < -0.39 is 0 Å². The van der Waals surface area contributed by atoms with Crippen molar-refractivity contribution in [1.82, 2.24) is 9.38 Å². The molecule has 1 N–H and O–H groups in total. The lowest BCUT2D eigenvalue weighted by Gasteiger charge is -2.45. The van der Waals surface area contributed by atoms with Crippen LogP contribution in [0.15, 0.2) is 42.6 Å². The van der Waals surface area contributed by atoms with E-state index in [4.69, 9.17) is 4.98 Å². The van der Waals surface area contributed by atoms with Crippen LogP contribution < -0.4 is 0 Å². The van der Waals surface area contributed by atoms with Crippen molar-refractivity contribution in [3.05, 3.63) is 53.9 Å². The Morgan fingerprint density at radius 3 is 2.42 bits per heavy atom. The van der Waals surface area contributed by atoms with Crippen molar-refractivity contribution in [3.63, 3.8) is 0 Å². The number of phenols is 1. The molecule has 0 atom stereocenters. The predicted octanol–water partition coefficient (Wildman–Crippen LogP) is 4.92. The van der Waals surface area contributed by atoms with Crippen LogP contribution in [-0.2, 0) is 10.8 Å². The van der Waals surface area contributed by atoms with Gasteiger partial charge in [0.05, 0.1) is 10.9 Å². The van der Waals surface area contributed by atoms with Gasteiger partial charge in [-0.15, -0.1) is 0 Å². The quantitative estimate of drug-likeness (QED) is 0.468. The van der Waals surface area contributed by atoms with Crippen LogP contribution >= 0.6 is 0 Å². The molecule has 1 aliphatic rings. The zero-order valence-electron chi connectivity index (χ0n) is 14.4. The summed E-state index contributed by atoms with van der Waals surface area (Å²) in [6.07, 6.45) is 1.98. The number of benzene rings is 2. The second-order valence-electron chi connectivity index (χ2n) is 7.95. The van der Waals surface area contributed by atoms with Crippen LogP contribution in [0, 0.1) is 0 Å². The van der Waals surface area contributed by atoms with E-state index in [1.807, 2.05) is 12.3 Å². The molecule has 3 heteroatoms. The van der Waals surface area contributed by atoms with E-state index in [0.717, 1.165) is 16.4 Å². The van der Waals surface area contributed by atoms with E-state index in [-0.39, 0.29) is 10.8 Å². The van der Waals surface area contributed by atoms with Crippen molar-refractivity contribution in [2.45, 2.75) is 38.5 Å². The Morgan fingerprint density at radius 1 is 0.917 bits per heavy atom. The highest BCUT2D eigenvalue weighted by atomic mass is 16.3. The van der Waals surface area contributed by atoms with E-state index in [2.05, 4.69) is 56.4 Å². The van der Waals surface area contributed by atoms with Gasteiger partial charge in [0, 0.05) is 28.1 Å². The third-order valence-corrected chi connectivity index (χ3v) is 6.45. The Kier molecular flexibility index (Phi) is 2.26. The fraction of sp³-hybridized carbons (Fsp3) is 0.286. The van der Waals surface area contributed by atoms with Gasteiger partial charge in [0.15, 0.2) is 0 Å². The van der Waals surface area contributed by atoms with Gasteiger partial charge >= 0.3 is 0 Å². The topological polar surface area (TPSA) is 37.5 Å². The molecular weight excluding hydrogens is 296 g/mol. The SMILES string of the molecule is CC1(C)c2cccc3c4cccc(O)c4c4ncc(n4c23)C1(C)C. The first kappa shape index (κ1) is 13.8. The fourth-order valence-electron chi connectivity index (χ4n) is 4.36. The number of aromatic hydroxyl groups is 1. The van der Waals surface area contributed by atoms with Crippen LogP contribution in [-0.4, -0.2) is 14.5 Å². The van der Waals surface area contributed by atoms with Gasteiger partial charge in [-0.1, -0.05) is 58.0 Å². The van der Waals surface area contributed by atoms with Gasteiger partial charge in [0.2, 0.25) is 0 Å². The average Bonchev–Trinajstić information content (AvgIpc) is 2.99. The molecule has 0 amide bonds. The molecule has 0 bridgehead atoms. The molecule has 0 unspecified atom stereocenters. The molecule has 0 fully saturated rings. The third-order valence-electron chi connectivity index (χ3n) is 6.45. The number of fused-ring (bicyclic) bond motifs is 3. The lowest BCUT2D eigenvalue weighted by atomic mass is 9.61. The minimum absolute atomic E-state index is 0.0139. The highest BCUT2D eigenvalue weighted by Gasteiger charge is 2.46. The zero-order chi connectivity index (χ0) is 16.9. The molecule has 0 saturated heterocycles. The van der Waals surface area contributed by atoms with Crippen LogP contribution in [0.5, 0.6) is 5.75 Å². The van der Waals surface area contributed by atoms with Gasteiger partial charge < -0.3 is 5.11 Å². The van der Waals surface area contributed by atoms with Crippen molar-refractivity contribution >= 4 is 27.3 Å². The third kappa shape index (κ3) is 1.30. The predicted molar refractivity (Wildman–Crippen MR) is 97.9 cm³/mol. The Morgan fingerprint density at radius 2 is 1.62 bits per heavy atom. The number of nitrogens with zero attached hydrogens (tertiary/aromatic N) is 2. The maximum absolute atomic E-state index is 10.5. The number of hydrogen-bond acceptors (Lipinski definition) is 2. The minimum Gasteiger partial charge on any atom is -0.507 e. The van der Waals surface area contributed by atoms with E-state index in [1.165, 1.54) is 22.2 Å². The Balaban J connectivity index is 2.22. The maximum Gasteiger partial charge on any atom is 0.149 e. The fourth-order valence-corrected chi connectivity index (χ4v) is 4.36. The normalized spacial score (nSPS) is 18.0. The van der Waals surface area contributed by atoms with Gasteiger partial charge in [0.1, 0.15) is 11.4 Å². The molecule has 5 rings (SSSR count). The lowest BCUT2D eigenvalue weighted by Crippen LogP contribution is -2.44. The smallest absolute Gasteiger partial charge is 0.149 e. The van der Waals surface area contributed by atoms with E-state index in [1.54, 1.807) is 6.07 Å². The summed E-state index contributed by atoms with van der Waals surface area (Å²) < 4.78 is 2.26. The maximum atomic E-state index is 10.5. The van der Waals surface area contributed by atoms with Crippen LogP contribution in [0.3, 0.4) is 0 Å². The number of phenolic OH excluding ortho intramolecular Hbond substituents is 1. The molecule has 0 saturated carbocycles. The molecule has 3 nitrogen and oxygen atoms in total. The average molecular weight is 316 g/mol. The summed E-state index contributed by atoms with van der Waals surface area (Å²) in [6, 6.07) is 12.2. The molecule has 3 heterocycles. The van der Waals surface area contributed by atoms with Gasteiger partial charge in [-0.05, 0) is 17.0 Å². The van der Waals surface area contributed by atoms with Gasteiger partial charge in [-0.2, -0.15) is 0 Å². The van der Waals surface area contributed by atoms with Crippen molar-refractivity contribution in [2.75, 3.05) is 0 Å². The molecule has 24 heavy (non-hydrogen) atoms. The molecule has 4 aromatic rings. The zero-order valence-corrected chi connectivity index (χ0v) is 14.4. The highest BCUT2D eigenvalue weighted by molar-refractivity contribution is 6.15. The number of hydrogen-bond donors (Lipinski definition) is 1. The molecule has 0 aliphatic carbocycles. The Bertz CT molecular complexity index is 1170. The highest BCUT2D eigenvalue weighted by Crippen LogP contribution is 2.51. The summed E-state index contributed by atoms with van der Waals surface area (Å²) in [5.74, 6) is 0.291. The first-order chi connectivity index (χ1) is 11.4. The minimum atomic E-state index is -0.0637. The molecule has 0 radical (unpaired) electrons. The summed E-state index contributed by atoms with van der Waals surface area (Å²) in [5, 5.41) is 13.6. The first-order valence-electron chi connectivity index (χ1n) is 8.40. The number of pyridine rings is 1. The van der Waals surface area contributed by atoms with Crippen LogP contribution in [0.4, 0.5) is 0 Å². The van der Waals surface area contributed by atoms with Crippen molar-refractivity contribution < 1.29 is 5.11 Å².